The molecule has 8 heteroatoms. The monoisotopic (exact) mass is 331 g/mol. The average Bonchev–Trinajstić information content (AvgIpc) is 2.44. The fourth-order valence-corrected chi connectivity index (χ4v) is 1.80. The Morgan fingerprint density at radius 2 is 1.78 bits per heavy atom. The van der Waals surface area contributed by atoms with Crippen LogP contribution in [-0.2, 0) is 15.8 Å². The minimum atomic E-state index is -4.53. The first kappa shape index (κ1) is 18.7. The lowest BCUT2D eigenvalue weighted by atomic mass is 10.0. The molecule has 5 nitrogen and oxygen atoms in total. The zero-order chi connectivity index (χ0) is 17.8. The first-order chi connectivity index (χ1) is 10.5. The van der Waals surface area contributed by atoms with Gasteiger partial charge in [-0.1, -0.05) is 17.7 Å². The predicted octanol–water partition coefficient (Wildman–Crippen LogP) is 2.27. The normalized spacial score (nSPS) is 14.0. The van der Waals surface area contributed by atoms with Crippen molar-refractivity contribution in [2.45, 2.75) is 31.7 Å². The second-order valence-corrected chi connectivity index (χ2v) is 5.08. The van der Waals surface area contributed by atoms with Crippen LogP contribution in [0.2, 0.25) is 0 Å². The number of amides is 1. The van der Waals surface area contributed by atoms with Gasteiger partial charge in [0.15, 0.2) is 6.10 Å². The van der Waals surface area contributed by atoms with E-state index < -0.39 is 35.8 Å². The van der Waals surface area contributed by atoms with Crippen LogP contribution in [0.25, 0.3) is 0 Å². The molecular formula is C15H16F3NO4. The number of carbonyl (C=O) groups is 2. The van der Waals surface area contributed by atoms with Crippen LogP contribution in [-0.4, -0.2) is 28.1 Å². The van der Waals surface area contributed by atoms with E-state index in [-0.39, 0.29) is 12.0 Å². The number of rotatable bonds is 6. The molecule has 0 bridgehead atoms. The number of carboxylic acid groups (broad SMARTS) is 1. The predicted molar refractivity (Wildman–Crippen MR) is 75.4 cm³/mol. The number of hydrogen-bond acceptors (Lipinski definition) is 3. The van der Waals surface area contributed by atoms with E-state index in [0.29, 0.717) is 5.57 Å². The molecule has 0 fully saturated rings. The highest BCUT2D eigenvalue weighted by molar-refractivity contribution is 5.87. The average molecular weight is 331 g/mol. The van der Waals surface area contributed by atoms with Crippen LogP contribution in [0, 0.1) is 0 Å². The number of aliphatic hydroxyl groups is 1. The van der Waals surface area contributed by atoms with Crippen molar-refractivity contribution in [1.82, 2.24) is 5.32 Å². The van der Waals surface area contributed by atoms with Crippen LogP contribution in [0.5, 0.6) is 0 Å². The smallest absolute Gasteiger partial charge is 0.416 e. The number of aliphatic hydroxyl groups excluding tert-OH is 1. The van der Waals surface area contributed by atoms with Crippen LogP contribution in [0.4, 0.5) is 13.2 Å². The summed E-state index contributed by atoms with van der Waals surface area (Å²) in [4.78, 5) is 22.9. The van der Waals surface area contributed by atoms with Crippen molar-refractivity contribution in [3.05, 3.63) is 47.5 Å². The lowest BCUT2D eigenvalue weighted by Gasteiger charge is -2.18. The van der Waals surface area contributed by atoms with Gasteiger partial charge >= 0.3 is 12.1 Å². The maximum atomic E-state index is 12.4. The highest BCUT2D eigenvalue weighted by Crippen LogP contribution is 2.29. The van der Waals surface area contributed by atoms with Gasteiger partial charge in [0, 0.05) is 0 Å². The zero-order valence-corrected chi connectivity index (χ0v) is 12.2. The molecule has 0 aliphatic rings. The zero-order valence-electron chi connectivity index (χ0n) is 12.2. The minimum Gasteiger partial charge on any atom is -0.480 e. The summed E-state index contributed by atoms with van der Waals surface area (Å²) in [6.45, 7) is 5.11. The molecule has 0 aliphatic carbocycles. The number of benzene rings is 1. The summed E-state index contributed by atoms with van der Waals surface area (Å²) in [5, 5.41) is 20.9. The Balaban J connectivity index is 2.83. The molecular weight excluding hydrogens is 315 g/mol. The van der Waals surface area contributed by atoms with Gasteiger partial charge in [-0.15, -0.1) is 6.58 Å². The summed E-state index contributed by atoms with van der Waals surface area (Å²) in [5.41, 5.74) is -0.476. The van der Waals surface area contributed by atoms with Crippen LogP contribution in [0.3, 0.4) is 0 Å². The van der Waals surface area contributed by atoms with Gasteiger partial charge in [-0.25, -0.2) is 4.79 Å². The molecule has 0 heterocycles. The largest absolute Gasteiger partial charge is 0.480 e. The van der Waals surface area contributed by atoms with Gasteiger partial charge in [-0.05, 0) is 31.0 Å². The summed E-state index contributed by atoms with van der Waals surface area (Å²) in [6.07, 6.45) is -6.33. The molecule has 0 unspecified atom stereocenters. The maximum absolute atomic E-state index is 12.4. The van der Waals surface area contributed by atoms with E-state index in [1.807, 2.05) is 0 Å². The van der Waals surface area contributed by atoms with Crippen molar-refractivity contribution in [1.29, 1.82) is 0 Å². The summed E-state index contributed by atoms with van der Waals surface area (Å²) in [5.74, 6) is -2.32. The number of aliphatic carboxylic acids is 1. The third-order valence-electron chi connectivity index (χ3n) is 2.97. The van der Waals surface area contributed by atoms with Gasteiger partial charge < -0.3 is 15.5 Å². The molecule has 0 spiro atoms. The number of carboxylic acids is 1. The van der Waals surface area contributed by atoms with E-state index in [1.54, 1.807) is 6.92 Å². The second kappa shape index (κ2) is 7.28. The number of nitrogens with one attached hydrogen (secondary N) is 1. The first-order valence-electron chi connectivity index (χ1n) is 6.55. The van der Waals surface area contributed by atoms with Gasteiger partial charge in [-0.3, -0.25) is 4.79 Å². The molecule has 2 atom stereocenters. The summed E-state index contributed by atoms with van der Waals surface area (Å²) in [7, 11) is 0. The Morgan fingerprint density at radius 3 is 2.17 bits per heavy atom. The van der Waals surface area contributed by atoms with E-state index in [9.17, 15) is 27.9 Å². The number of halogens is 3. The van der Waals surface area contributed by atoms with Gasteiger partial charge in [-0.2, -0.15) is 13.2 Å². The summed E-state index contributed by atoms with van der Waals surface area (Å²) >= 11 is 0. The van der Waals surface area contributed by atoms with Crippen molar-refractivity contribution >= 4 is 11.9 Å². The number of carbonyl (C=O) groups excluding carboxylic acids is 1. The highest BCUT2D eigenvalue weighted by atomic mass is 19.4. The van der Waals surface area contributed by atoms with Crippen LogP contribution in [0.15, 0.2) is 36.4 Å². The quantitative estimate of drug-likeness (QED) is 0.698. The van der Waals surface area contributed by atoms with Crippen LogP contribution >= 0.6 is 0 Å². The van der Waals surface area contributed by atoms with E-state index in [1.165, 1.54) is 0 Å². The lowest BCUT2D eigenvalue weighted by Crippen LogP contribution is -2.43. The van der Waals surface area contributed by atoms with Crippen molar-refractivity contribution in [2.24, 2.45) is 0 Å². The van der Waals surface area contributed by atoms with Crippen molar-refractivity contribution in [3.63, 3.8) is 0 Å². The highest BCUT2D eigenvalue weighted by Gasteiger charge is 2.31. The second-order valence-electron chi connectivity index (χ2n) is 5.08. The molecule has 1 rings (SSSR count). The minimum absolute atomic E-state index is 0.0270. The molecule has 1 aromatic rings. The van der Waals surface area contributed by atoms with Crippen molar-refractivity contribution in [3.8, 4) is 0 Å². The molecule has 23 heavy (non-hydrogen) atoms. The summed E-state index contributed by atoms with van der Waals surface area (Å²) < 4.78 is 37.3. The third kappa shape index (κ3) is 5.41. The van der Waals surface area contributed by atoms with Gasteiger partial charge in [0.1, 0.15) is 6.04 Å². The van der Waals surface area contributed by atoms with Gasteiger partial charge in [0.25, 0.3) is 5.91 Å². The van der Waals surface area contributed by atoms with Gasteiger partial charge in [0.05, 0.1) is 5.56 Å². The Morgan fingerprint density at radius 1 is 1.26 bits per heavy atom. The molecule has 1 aromatic carbocycles. The molecule has 0 radical (unpaired) electrons. The first-order valence-corrected chi connectivity index (χ1v) is 6.55. The molecule has 0 aliphatic heterocycles. The number of alkyl halides is 3. The molecule has 0 saturated carbocycles. The number of hydrogen-bond donors (Lipinski definition) is 3. The van der Waals surface area contributed by atoms with Crippen molar-refractivity contribution in [2.75, 3.05) is 0 Å². The Kier molecular flexibility index (Phi) is 5.91. The fourth-order valence-electron chi connectivity index (χ4n) is 1.80. The molecule has 0 aromatic heterocycles. The molecule has 0 saturated heterocycles. The summed E-state index contributed by atoms with van der Waals surface area (Å²) in [6, 6.07) is 2.11. The maximum Gasteiger partial charge on any atom is 0.416 e. The van der Waals surface area contributed by atoms with Crippen molar-refractivity contribution < 1.29 is 33.0 Å². The van der Waals surface area contributed by atoms with E-state index in [0.717, 1.165) is 24.3 Å². The van der Waals surface area contributed by atoms with Crippen LogP contribution < -0.4 is 5.32 Å². The third-order valence-corrected chi connectivity index (χ3v) is 2.97. The Bertz CT molecular complexity index is 596. The Labute approximate surface area is 130 Å². The van der Waals surface area contributed by atoms with E-state index >= 15 is 0 Å². The fraction of sp³-hybridized carbons (Fsp3) is 0.333. The van der Waals surface area contributed by atoms with E-state index in [4.69, 9.17) is 5.11 Å². The Hall–Kier alpha value is -2.35. The molecule has 126 valence electrons. The molecule has 3 N–H and O–H groups in total. The topological polar surface area (TPSA) is 86.6 Å². The molecule has 1 amide bonds. The lowest BCUT2D eigenvalue weighted by molar-refractivity contribution is -0.143. The SMILES string of the molecule is C=C(C)C[C@@H](NC(=O)[C@H](O)c1ccc(C(F)(F)F)cc1)C(=O)O. The van der Waals surface area contributed by atoms with Crippen LogP contribution in [0.1, 0.15) is 30.6 Å². The van der Waals surface area contributed by atoms with E-state index in [2.05, 4.69) is 11.9 Å². The van der Waals surface area contributed by atoms with Gasteiger partial charge in [0.2, 0.25) is 0 Å². The standard InChI is InChI=1S/C15H16F3NO4/c1-8(2)7-11(14(22)23)19-13(21)12(20)9-3-5-10(6-4-9)15(16,17)18/h3-6,11-12,20H,1,7H2,2H3,(H,19,21)(H,22,23)/t11-,12-/m1/s1.